The summed E-state index contributed by atoms with van der Waals surface area (Å²) in [5.74, 6) is 0. The summed E-state index contributed by atoms with van der Waals surface area (Å²) in [5, 5.41) is 3.90. The number of hydrogen-bond donors (Lipinski definition) is 1. The van der Waals surface area contributed by atoms with Gasteiger partial charge in [-0.2, -0.15) is 0 Å². The molecular formula is C22H17NO2. The van der Waals surface area contributed by atoms with Crippen molar-refractivity contribution in [3.63, 3.8) is 0 Å². The van der Waals surface area contributed by atoms with Gasteiger partial charge >= 0.3 is 0 Å². The summed E-state index contributed by atoms with van der Waals surface area (Å²) in [5.41, 5.74) is 4.55. The molecule has 25 heavy (non-hydrogen) atoms. The second kappa shape index (κ2) is 6.65. The van der Waals surface area contributed by atoms with Crippen LogP contribution in [0.25, 0.3) is 22.1 Å². The molecule has 0 atom stereocenters. The third-order valence-electron chi connectivity index (χ3n) is 4.23. The minimum atomic E-state index is 0.00950. The molecule has 1 heterocycles. The Labute approximate surface area is 145 Å². The molecule has 0 fully saturated rings. The number of para-hydroxylation sites is 1. The van der Waals surface area contributed by atoms with E-state index in [9.17, 15) is 4.79 Å². The Balaban J connectivity index is 1.52. The molecule has 0 radical (unpaired) electrons. The zero-order valence-electron chi connectivity index (χ0n) is 13.6. The first-order chi connectivity index (χ1) is 12.3. The molecule has 4 rings (SSSR count). The first kappa shape index (κ1) is 15.2. The van der Waals surface area contributed by atoms with Gasteiger partial charge in [0.2, 0.25) is 0 Å². The predicted molar refractivity (Wildman–Crippen MR) is 102 cm³/mol. The van der Waals surface area contributed by atoms with E-state index in [0.29, 0.717) is 23.1 Å². The molecule has 0 unspecified atom stereocenters. The molecule has 0 aliphatic heterocycles. The summed E-state index contributed by atoms with van der Waals surface area (Å²) >= 11 is 0. The van der Waals surface area contributed by atoms with E-state index < -0.39 is 0 Å². The van der Waals surface area contributed by atoms with Gasteiger partial charge in [0.15, 0.2) is 5.43 Å². The molecule has 1 aromatic heterocycles. The lowest BCUT2D eigenvalue weighted by Crippen LogP contribution is -2.12. The van der Waals surface area contributed by atoms with E-state index in [1.165, 1.54) is 11.8 Å². The zero-order valence-corrected chi connectivity index (χ0v) is 13.6. The summed E-state index contributed by atoms with van der Waals surface area (Å²) in [7, 11) is 0. The summed E-state index contributed by atoms with van der Waals surface area (Å²) in [6.07, 6.45) is 1.54. The molecule has 3 aromatic carbocycles. The Morgan fingerprint density at radius 2 is 1.44 bits per heavy atom. The number of benzene rings is 3. The highest BCUT2D eigenvalue weighted by Crippen LogP contribution is 2.21. The molecule has 1 N–H and O–H groups in total. The third-order valence-corrected chi connectivity index (χ3v) is 4.23. The van der Waals surface area contributed by atoms with Crippen molar-refractivity contribution in [2.75, 3.05) is 5.32 Å². The minimum absolute atomic E-state index is 0.00950. The van der Waals surface area contributed by atoms with Crippen molar-refractivity contribution in [2.45, 2.75) is 6.54 Å². The molecule has 0 aliphatic carbocycles. The zero-order chi connectivity index (χ0) is 17.1. The van der Waals surface area contributed by atoms with Gasteiger partial charge in [-0.25, -0.2) is 0 Å². The van der Waals surface area contributed by atoms with E-state index in [2.05, 4.69) is 29.6 Å². The molecule has 0 bridgehead atoms. The fourth-order valence-corrected chi connectivity index (χ4v) is 2.85. The fourth-order valence-electron chi connectivity index (χ4n) is 2.85. The van der Waals surface area contributed by atoms with Crippen LogP contribution in [0.15, 0.2) is 94.3 Å². The van der Waals surface area contributed by atoms with Crippen molar-refractivity contribution in [1.82, 2.24) is 0 Å². The number of nitrogens with one attached hydrogen (secondary N) is 1. The highest BCUT2D eigenvalue weighted by atomic mass is 16.3. The Morgan fingerprint density at radius 3 is 2.24 bits per heavy atom. The molecular weight excluding hydrogens is 310 g/mol. The quantitative estimate of drug-likeness (QED) is 0.569. The first-order valence-corrected chi connectivity index (χ1v) is 8.20. The van der Waals surface area contributed by atoms with Crippen molar-refractivity contribution in [3.05, 3.63) is 101 Å². The van der Waals surface area contributed by atoms with E-state index in [0.717, 1.165) is 11.3 Å². The van der Waals surface area contributed by atoms with Gasteiger partial charge in [0.25, 0.3) is 0 Å². The van der Waals surface area contributed by atoms with Crippen molar-refractivity contribution < 1.29 is 4.42 Å². The lowest BCUT2D eigenvalue weighted by molar-refractivity contribution is 0.594. The van der Waals surface area contributed by atoms with Gasteiger partial charge in [-0.3, -0.25) is 4.79 Å². The van der Waals surface area contributed by atoms with Crippen molar-refractivity contribution >= 4 is 16.7 Å². The van der Waals surface area contributed by atoms with Gasteiger partial charge in [0.1, 0.15) is 5.58 Å². The lowest BCUT2D eigenvalue weighted by atomic mass is 10.1. The normalized spacial score (nSPS) is 10.7. The largest absolute Gasteiger partial charge is 0.464 e. The number of fused-ring (bicyclic) bond motifs is 1. The monoisotopic (exact) mass is 327 g/mol. The number of hydrogen-bond acceptors (Lipinski definition) is 3. The predicted octanol–water partition coefficient (Wildman–Crippen LogP) is 5.07. The van der Waals surface area contributed by atoms with Crippen molar-refractivity contribution in [1.29, 1.82) is 0 Å². The molecule has 4 aromatic rings. The van der Waals surface area contributed by atoms with Crippen LogP contribution in [0.4, 0.5) is 5.69 Å². The average Bonchev–Trinajstić information content (AvgIpc) is 2.69. The number of anilines is 1. The highest BCUT2D eigenvalue weighted by molar-refractivity contribution is 5.76. The Hall–Kier alpha value is -3.33. The SMILES string of the molecule is O=c1c(CNc2ccc(-c3ccccc3)cc2)coc2ccccc12. The maximum absolute atomic E-state index is 12.5. The second-order valence-corrected chi connectivity index (χ2v) is 5.88. The molecule has 3 nitrogen and oxygen atoms in total. The van der Waals surface area contributed by atoms with Gasteiger partial charge < -0.3 is 9.73 Å². The maximum atomic E-state index is 12.5. The smallest absolute Gasteiger partial charge is 0.197 e. The van der Waals surface area contributed by atoms with Crippen LogP contribution < -0.4 is 10.7 Å². The molecule has 122 valence electrons. The summed E-state index contributed by atoms with van der Waals surface area (Å²) in [4.78, 5) is 12.5. The average molecular weight is 327 g/mol. The van der Waals surface area contributed by atoms with Crippen LogP contribution in [0.2, 0.25) is 0 Å². The molecule has 0 spiro atoms. The summed E-state index contributed by atoms with van der Waals surface area (Å²) < 4.78 is 5.55. The first-order valence-electron chi connectivity index (χ1n) is 8.20. The van der Waals surface area contributed by atoms with E-state index in [4.69, 9.17) is 4.42 Å². The van der Waals surface area contributed by atoms with Crippen LogP contribution in [0.1, 0.15) is 5.56 Å². The molecule has 0 amide bonds. The molecule has 0 saturated heterocycles. The van der Waals surface area contributed by atoms with Crippen LogP contribution in [0.5, 0.6) is 0 Å². The molecule has 3 heteroatoms. The topological polar surface area (TPSA) is 42.2 Å². The summed E-state index contributed by atoms with van der Waals surface area (Å²) in [6.45, 7) is 0.428. The highest BCUT2D eigenvalue weighted by Gasteiger charge is 2.06. The van der Waals surface area contributed by atoms with Gasteiger partial charge in [-0.15, -0.1) is 0 Å². The van der Waals surface area contributed by atoms with Crippen molar-refractivity contribution in [2.24, 2.45) is 0 Å². The number of rotatable bonds is 4. The van der Waals surface area contributed by atoms with Gasteiger partial charge in [0, 0.05) is 12.2 Å². The molecule has 0 aliphatic rings. The van der Waals surface area contributed by atoms with Gasteiger partial charge in [-0.1, -0.05) is 54.6 Å². The van der Waals surface area contributed by atoms with Crippen LogP contribution >= 0.6 is 0 Å². The Kier molecular flexibility index (Phi) is 4.05. The molecule has 0 saturated carbocycles. The second-order valence-electron chi connectivity index (χ2n) is 5.88. The van der Waals surface area contributed by atoms with Crippen LogP contribution in [0, 0.1) is 0 Å². The van der Waals surface area contributed by atoms with E-state index >= 15 is 0 Å². The van der Waals surface area contributed by atoms with Crippen LogP contribution in [-0.2, 0) is 6.54 Å². The Morgan fingerprint density at radius 1 is 0.760 bits per heavy atom. The summed E-state index contributed by atoms with van der Waals surface area (Å²) in [6, 6.07) is 25.7. The fraction of sp³-hybridized carbons (Fsp3) is 0.0455. The minimum Gasteiger partial charge on any atom is -0.464 e. The third kappa shape index (κ3) is 3.17. The van der Waals surface area contributed by atoms with E-state index in [-0.39, 0.29) is 5.43 Å². The van der Waals surface area contributed by atoms with Gasteiger partial charge in [-0.05, 0) is 35.4 Å². The van der Waals surface area contributed by atoms with Crippen LogP contribution in [-0.4, -0.2) is 0 Å². The Bertz CT molecular complexity index is 1050. The lowest BCUT2D eigenvalue weighted by Gasteiger charge is -2.08. The standard InChI is InChI=1S/C22H17NO2/c24-22-18(15-25-21-9-5-4-8-20(21)22)14-23-19-12-10-17(11-13-19)16-6-2-1-3-7-16/h1-13,15,23H,14H2. The van der Waals surface area contributed by atoms with Crippen molar-refractivity contribution in [3.8, 4) is 11.1 Å². The van der Waals surface area contributed by atoms with Crippen LogP contribution in [0.3, 0.4) is 0 Å². The van der Waals surface area contributed by atoms with E-state index in [1.54, 1.807) is 12.1 Å². The maximum Gasteiger partial charge on any atom is 0.197 e. The van der Waals surface area contributed by atoms with Gasteiger partial charge in [0.05, 0.1) is 17.2 Å². The van der Waals surface area contributed by atoms with E-state index in [1.807, 2.05) is 42.5 Å².